The highest BCUT2D eigenvalue weighted by atomic mass is 35.5. The summed E-state index contributed by atoms with van der Waals surface area (Å²) in [7, 11) is -3.82. The molecule has 4 aromatic rings. The van der Waals surface area contributed by atoms with E-state index in [1.165, 1.54) is 12.1 Å². The maximum Gasteiger partial charge on any atom is 0.404 e. The number of anilines is 1. The average Bonchev–Trinajstić information content (AvgIpc) is 3.50. The number of sulfonamides is 1. The number of carboxylic acid groups (broad SMARTS) is 1. The molecule has 1 fully saturated rings. The van der Waals surface area contributed by atoms with Gasteiger partial charge >= 0.3 is 6.09 Å². The lowest BCUT2D eigenvalue weighted by molar-refractivity contribution is -0.130. The Balaban J connectivity index is 1.30. The number of nitrogens with one attached hydrogen (secondary N) is 4. The molecule has 3 aromatic carbocycles. The summed E-state index contributed by atoms with van der Waals surface area (Å²) < 4.78 is 23.5. The van der Waals surface area contributed by atoms with E-state index < -0.39 is 28.1 Å². The van der Waals surface area contributed by atoms with Gasteiger partial charge in [0, 0.05) is 30.1 Å². The van der Waals surface area contributed by atoms with Gasteiger partial charge < -0.3 is 21.1 Å². The van der Waals surface area contributed by atoms with E-state index in [1.807, 2.05) is 24.3 Å². The van der Waals surface area contributed by atoms with Gasteiger partial charge in [-0.05, 0) is 109 Å². The minimum absolute atomic E-state index is 0.0345. The summed E-state index contributed by atoms with van der Waals surface area (Å²) in [6, 6.07) is 18.2. The van der Waals surface area contributed by atoms with Crippen molar-refractivity contribution < 1.29 is 27.9 Å². The number of benzene rings is 3. The molecule has 0 radical (unpaired) electrons. The molecule has 5 rings (SSSR count). The largest absolute Gasteiger partial charge is 0.465 e. The van der Waals surface area contributed by atoms with Crippen LogP contribution in [-0.4, -0.2) is 59.2 Å². The van der Waals surface area contributed by atoms with E-state index in [9.17, 15) is 22.8 Å². The van der Waals surface area contributed by atoms with Crippen molar-refractivity contribution >= 4 is 45.2 Å². The summed E-state index contributed by atoms with van der Waals surface area (Å²) in [6.07, 6.45) is 1.75. The van der Waals surface area contributed by atoms with Crippen molar-refractivity contribution in [1.82, 2.24) is 25.8 Å². The van der Waals surface area contributed by atoms with Crippen LogP contribution in [0.25, 0.3) is 22.5 Å². The first-order valence-corrected chi connectivity index (χ1v) is 17.3. The van der Waals surface area contributed by atoms with Crippen LogP contribution in [0, 0.1) is 18.8 Å². The second kappa shape index (κ2) is 15.0. The van der Waals surface area contributed by atoms with Gasteiger partial charge in [-0.1, -0.05) is 30.3 Å². The van der Waals surface area contributed by atoms with E-state index in [4.69, 9.17) is 21.8 Å². The number of H-pyrrole nitrogens is 1. The number of nitrogens with two attached hydrogens (primary N) is 1. The molecule has 0 spiro atoms. The number of aromatic nitrogens is 3. The molecule has 0 bridgehead atoms. The Morgan fingerprint density at radius 3 is 2.25 bits per heavy atom. The second-order valence-electron chi connectivity index (χ2n) is 11.9. The van der Waals surface area contributed by atoms with E-state index in [0.29, 0.717) is 49.3 Å². The first kappa shape index (κ1) is 34.5. The third kappa shape index (κ3) is 8.97. The first-order valence-electron chi connectivity index (χ1n) is 15.3. The number of rotatable bonds is 11. The number of hydrogen-bond donors (Lipinski definition) is 6. The van der Waals surface area contributed by atoms with E-state index in [-0.39, 0.29) is 34.3 Å². The minimum Gasteiger partial charge on any atom is -0.465 e. The highest BCUT2D eigenvalue weighted by Crippen LogP contribution is 2.29. The highest BCUT2D eigenvalue weighted by molar-refractivity contribution is 7.89. The molecular weight excluding hydrogens is 658 g/mol. The van der Waals surface area contributed by atoms with Crippen LogP contribution in [0.4, 0.5) is 10.5 Å². The van der Waals surface area contributed by atoms with Crippen LogP contribution in [-0.2, 0) is 26.0 Å². The Morgan fingerprint density at radius 1 is 1.00 bits per heavy atom. The maximum absolute atomic E-state index is 13.6. The number of primary sulfonamides is 1. The third-order valence-electron chi connectivity index (χ3n) is 8.49. The molecule has 7 N–H and O–H groups in total. The van der Waals surface area contributed by atoms with Crippen molar-refractivity contribution in [2.24, 2.45) is 17.0 Å². The smallest absolute Gasteiger partial charge is 0.404 e. The number of hydrogen-bond acceptors (Lipinski definition) is 7. The van der Waals surface area contributed by atoms with Gasteiger partial charge in [0.1, 0.15) is 6.04 Å². The molecule has 1 aliphatic carbocycles. The van der Waals surface area contributed by atoms with E-state index in [1.54, 1.807) is 37.3 Å². The SMILES string of the molecule is Cc1cc(S(N)(=O)=O)ccc1-c1ccc(C[C@H](NC(=O)C2CCC(CNC(=O)O)CC2)C(=O)Nc2ccc(-c3n[nH]c(Cl)n3)cc2)cc1. The summed E-state index contributed by atoms with van der Waals surface area (Å²) in [5.74, 6) is -0.332. The van der Waals surface area contributed by atoms with Crippen molar-refractivity contribution in [3.05, 3.63) is 83.1 Å². The lowest BCUT2D eigenvalue weighted by Gasteiger charge is -2.29. The van der Waals surface area contributed by atoms with Crippen LogP contribution in [0.5, 0.6) is 0 Å². The molecule has 0 saturated heterocycles. The fraction of sp³-hybridized carbons (Fsp3) is 0.303. The Bertz CT molecular complexity index is 1890. The van der Waals surface area contributed by atoms with Gasteiger partial charge in [0.15, 0.2) is 5.82 Å². The summed E-state index contributed by atoms with van der Waals surface area (Å²) in [6.45, 7) is 2.15. The molecule has 13 nitrogen and oxygen atoms in total. The number of carbonyl (C=O) groups excluding carboxylic acids is 2. The molecule has 1 aliphatic rings. The van der Waals surface area contributed by atoms with Gasteiger partial charge in [-0.25, -0.2) is 23.4 Å². The molecule has 0 unspecified atom stereocenters. The molecule has 252 valence electrons. The lowest BCUT2D eigenvalue weighted by Crippen LogP contribution is -2.48. The summed E-state index contributed by atoms with van der Waals surface area (Å²) in [5.41, 5.74) is 4.45. The van der Waals surface area contributed by atoms with Crippen LogP contribution in [0.2, 0.25) is 5.28 Å². The van der Waals surface area contributed by atoms with Gasteiger partial charge in [-0.3, -0.25) is 9.59 Å². The Labute approximate surface area is 282 Å². The molecule has 1 aromatic heterocycles. The standard InChI is InChI=1S/C33H36ClN7O6S/c1-19-16-26(48(35,46)47)14-15-27(19)22-6-2-20(3-7-22)17-28(38-30(42)24-8-4-21(5-9-24)18-36-33(44)45)31(43)37-25-12-10-23(11-13-25)29-39-32(34)41-40-29/h2-3,6-7,10-16,21,24,28,36H,4-5,8-9,17-18H2,1H3,(H,37,43)(H,38,42)(H,44,45)(H2,35,46,47)(H,39,40,41)/t21?,24?,28-/m0/s1. The molecule has 0 aliphatic heterocycles. The number of nitrogens with zero attached hydrogens (tertiary/aromatic N) is 2. The Hall–Kier alpha value is -4.79. The lowest BCUT2D eigenvalue weighted by atomic mass is 9.81. The average molecular weight is 694 g/mol. The fourth-order valence-electron chi connectivity index (χ4n) is 5.86. The number of amides is 3. The highest BCUT2D eigenvalue weighted by Gasteiger charge is 2.30. The fourth-order valence-corrected chi connectivity index (χ4v) is 6.58. The zero-order valence-electron chi connectivity index (χ0n) is 26.1. The molecule has 1 saturated carbocycles. The Kier molecular flexibility index (Phi) is 10.8. The van der Waals surface area contributed by atoms with Crippen molar-refractivity contribution in [3.63, 3.8) is 0 Å². The van der Waals surface area contributed by atoms with Crippen LogP contribution in [0.3, 0.4) is 0 Å². The summed E-state index contributed by atoms with van der Waals surface area (Å²) in [4.78, 5) is 42.1. The quantitative estimate of drug-likeness (QED) is 0.132. The molecule has 48 heavy (non-hydrogen) atoms. The Morgan fingerprint density at radius 2 is 1.67 bits per heavy atom. The van der Waals surface area contributed by atoms with Gasteiger partial charge in [0.2, 0.25) is 27.1 Å². The van der Waals surface area contributed by atoms with Crippen LogP contribution in [0.1, 0.15) is 36.8 Å². The summed E-state index contributed by atoms with van der Waals surface area (Å²) in [5, 5.41) is 29.2. The van der Waals surface area contributed by atoms with Gasteiger partial charge in [0.25, 0.3) is 0 Å². The van der Waals surface area contributed by atoms with Gasteiger partial charge in [0.05, 0.1) is 4.90 Å². The predicted molar refractivity (Wildman–Crippen MR) is 181 cm³/mol. The molecule has 3 amide bonds. The van der Waals surface area contributed by atoms with Crippen molar-refractivity contribution in [2.75, 3.05) is 11.9 Å². The predicted octanol–water partition coefficient (Wildman–Crippen LogP) is 4.49. The van der Waals surface area contributed by atoms with E-state index in [0.717, 1.165) is 22.3 Å². The van der Waals surface area contributed by atoms with E-state index in [2.05, 4.69) is 31.1 Å². The third-order valence-corrected chi connectivity index (χ3v) is 9.57. The van der Waals surface area contributed by atoms with Gasteiger partial charge in [-0.15, -0.1) is 0 Å². The molecule has 15 heteroatoms. The topological polar surface area (TPSA) is 209 Å². The molecule has 1 atom stereocenters. The van der Waals surface area contributed by atoms with Gasteiger partial charge in [-0.2, -0.15) is 10.1 Å². The summed E-state index contributed by atoms with van der Waals surface area (Å²) >= 11 is 5.84. The van der Waals surface area contributed by atoms with Crippen molar-refractivity contribution in [1.29, 1.82) is 0 Å². The zero-order chi connectivity index (χ0) is 34.4. The second-order valence-corrected chi connectivity index (χ2v) is 13.8. The van der Waals surface area contributed by atoms with Crippen molar-refractivity contribution in [2.45, 2.75) is 50.0 Å². The van der Waals surface area contributed by atoms with Crippen LogP contribution >= 0.6 is 11.6 Å². The van der Waals surface area contributed by atoms with Crippen LogP contribution < -0.4 is 21.1 Å². The van der Waals surface area contributed by atoms with Crippen molar-refractivity contribution in [3.8, 4) is 22.5 Å². The first-order chi connectivity index (χ1) is 22.9. The van der Waals surface area contributed by atoms with Crippen LogP contribution in [0.15, 0.2) is 71.6 Å². The maximum atomic E-state index is 13.6. The van der Waals surface area contributed by atoms with E-state index >= 15 is 0 Å². The monoisotopic (exact) mass is 693 g/mol. The number of carbonyl (C=O) groups is 3. The zero-order valence-corrected chi connectivity index (χ0v) is 27.6. The number of halogens is 1. The number of aryl methyl sites for hydroxylation is 1. The molecule has 1 heterocycles. The normalized spacial score (nSPS) is 16.9. The minimum atomic E-state index is -3.82. The molecular formula is C33H36ClN7O6S. The number of aromatic amines is 1.